The van der Waals surface area contributed by atoms with E-state index in [-0.39, 0.29) is 5.75 Å². The summed E-state index contributed by atoms with van der Waals surface area (Å²) in [7, 11) is 1.67. The molecule has 98 valence electrons. The van der Waals surface area contributed by atoms with Crippen LogP contribution in [-0.2, 0) is 4.74 Å². The molecular formula is C16H22O2. The van der Waals surface area contributed by atoms with E-state index >= 15 is 0 Å². The molecule has 18 heavy (non-hydrogen) atoms. The van der Waals surface area contributed by atoms with E-state index in [4.69, 9.17) is 4.74 Å². The molecule has 0 aliphatic heterocycles. The van der Waals surface area contributed by atoms with Crippen molar-refractivity contribution < 1.29 is 9.84 Å². The monoisotopic (exact) mass is 246 g/mol. The van der Waals surface area contributed by atoms with E-state index in [0.29, 0.717) is 5.92 Å². The van der Waals surface area contributed by atoms with Gasteiger partial charge in [-0.15, -0.1) is 6.58 Å². The predicted molar refractivity (Wildman–Crippen MR) is 76.3 cm³/mol. The van der Waals surface area contributed by atoms with Gasteiger partial charge >= 0.3 is 0 Å². The summed E-state index contributed by atoms with van der Waals surface area (Å²) in [5.74, 6) is 1.53. The van der Waals surface area contributed by atoms with Crippen LogP contribution in [0.4, 0.5) is 0 Å². The summed E-state index contributed by atoms with van der Waals surface area (Å²) < 4.78 is 5.52. The molecule has 1 unspecified atom stereocenters. The molecule has 0 bridgehead atoms. The van der Waals surface area contributed by atoms with E-state index < -0.39 is 0 Å². The average Bonchev–Trinajstić information content (AvgIpc) is 2.36. The highest BCUT2D eigenvalue weighted by Gasteiger charge is 2.14. The third kappa shape index (κ3) is 3.39. The number of allylic oxidation sites excluding steroid dienone is 2. The fourth-order valence-electron chi connectivity index (χ4n) is 2.19. The van der Waals surface area contributed by atoms with Crippen LogP contribution in [0, 0.1) is 5.92 Å². The van der Waals surface area contributed by atoms with Gasteiger partial charge in [0.15, 0.2) is 0 Å². The number of hydrogen-bond acceptors (Lipinski definition) is 2. The molecule has 0 saturated heterocycles. The second kappa shape index (κ2) is 6.90. The molecule has 0 aliphatic carbocycles. The third-order valence-electron chi connectivity index (χ3n) is 3.23. The molecule has 2 heteroatoms. The summed E-state index contributed by atoms with van der Waals surface area (Å²) in [6.45, 7) is 8.04. The summed E-state index contributed by atoms with van der Waals surface area (Å²) in [5.41, 5.74) is 2.11. The maximum Gasteiger partial charge on any atom is 0.125 e. The van der Waals surface area contributed by atoms with E-state index in [1.54, 1.807) is 19.2 Å². The topological polar surface area (TPSA) is 29.5 Å². The van der Waals surface area contributed by atoms with Crippen LogP contribution >= 0.6 is 0 Å². The summed E-state index contributed by atoms with van der Waals surface area (Å²) in [6.07, 6.45) is 3.92. The second-order valence-corrected chi connectivity index (χ2v) is 4.40. The number of methoxy groups -OCH3 is 1. The van der Waals surface area contributed by atoms with Crippen LogP contribution in [-0.4, -0.2) is 12.2 Å². The number of aromatic hydroxyl groups is 1. The van der Waals surface area contributed by atoms with Crippen LogP contribution in [0.3, 0.4) is 0 Å². The van der Waals surface area contributed by atoms with Crippen LogP contribution in [0.25, 0.3) is 5.76 Å². The minimum atomic E-state index is 0.256. The summed E-state index contributed by atoms with van der Waals surface area (Å²) in [4.78, 5) is 0. The Bertz CT molecular complexity index is 432. The zero-order valence-electron chi connectivity index (χ0n) is 11.4. The lowest BCUT2D eigenvalue weighted by Crippen LogP contribution is -2.03. The molecule has 1 rings (SSSR count). The molecule has 0 heterocycles. The van der Waals surface area contributed by atoms with Crippen molar-refractivity contribution in [1.29, 1.82) is 0 Å². The molecule has 1 N–H and O–H groups in total. The highest BCUT2D eigenvalue weighted by Crippen LogP contribution is 2.29. The first kappa shape index (κ1) is 14.4. The Morgan fingerprint density at radius 3 is 2.72 bits per heavy atom. The van der Waals surface area contributed by atoms with Crippen molar-refractivity contribution in [3.05, 3.63) is 48.1 Å². The summed E-state index contributed by atoms with van der Waals surface area (Å²) in [5, 5.41) is 9.54. The first-order chi connectivity index (χ1) is 8.63. The van der Waals surface area contributed by atoms with Crippen LogP contribution in [0.2, 0.25) is 0 Å². The number of phenolic OH excluding ortho intramolecular Hbond substituents is 1. The van der Waals surface area contributed by atoms with Gasteiger partial charge in [0, 0.05) is 5.56 Å². The van der Waals surface area contributed by atoms with Crippen molar-refractivity contribution in [3.63, 3.8) is 0 Å². The molecule has 0 amide bonds. The number of benzene rings is 1. The predicted octanol–water partition coefficient (Wildman–Crippen LogP) is 4.37. The Morgan fingerprint density at radius 2 is 2.22 bits per heavy atom. The second-order valence-electron chi connectivity index (χ2n) is 4.40. The van der Waals surface area contributed by atoms with E-state index in [1.165, 1.54) is 5.57 Å². The Balaban J connectivity index is 3.17. The molecule has 1 atom stereocenters. The minimum absolute atomic E-state index is 0.256. The van der Waals surface area contributed by atoms with Gasteiger partial charge in [-0.1, -0.05) is 25.1 Å². The maximum absolute atomic E-state index is 9.54. The molecule has 0 aromatic heterocycles. The van der Waals surface area contributed by atoms with Gasteiger partial charge in [-0.3, -0.25) is 0 Å². The van der Waals surface area contributed by atoms with E-state index in [1.807, 2.05) is 18.2 Å². The number of rotatable bonds is 6. The maximum atomic E-state index is 9.54. The number of hydrogen-bond donors (Lipinski definition) is 1. The van der Waals surface area contributed by atoms with Gasteiger partial charge in [0.05, 0.1) is 7.11 Å². The Morgan fingerprint density at radius 1 is 1.50 bits per heavy atom. The third-order valence-corrected chi connectivity index (χ3v) is 3.23. The molecule has 0 saturated carbocycles. The van der Waals surface area contributed by atoms with Gasteiger partial charge in [-0.2, -0.15) is 0 Å². The average molecular weight is 246 g/mol. The minimum Gasteiger partial charge on any atom is -0.508 e. The Hall–Kier alpha value is -1.70. The summed E-state index contributed by atoms with van der Waals surface area (Å²) >= 11 is 0. The van der Waals surface area contributed by atoms with Crippen LogP contribution in [0.15, 0.2) is 42.5 Å². The smallest absolute Gasteiger partial charge is 0.125 e. The van der Waals surface area contributed by atoms with E-state index in [9.17, 15) is 5.11 Å². The van der Waals surface area contributed by atoms with Crippen molar-refractivity contribution in [1.82, 2.24) is 0 Å². The van der Waals surface area contributed by atoms with Crippen LogP contribution in [0.5, 0.6) is 5.75 Å². The van der Waals surface area contributed by atoms with Crippen molar-refractivity contribution in [2.75, 3.05) is 7.11 Å². The first-order valence-corrected chi connectivity index (χ1v) is 6.29. The Labute approximate surface area is 110 Å². The molecule has 0 aliphatic rings. The molecule has 2 nitrogen and oxygen atoms in total. The van der Waals surface area contributed by atoms with Gasteiger partial charge in [0.1, 0.15) is 11.5 Å². The normalized spacial score (nSPS) is 13.7. The van der Waals surface area contributed by atoms with Crippen molar-refractivity contribution >= 4 is 5.76 Å². The SMILES string of the molecule is C=CCC(CC)/C(C)=C(/OC)c1cccc(O)c1. The van der Waals surface area contributed by atoms with Gasteiger partial charge in [-0.25, -0.2) is 0 Å². The quantitative estimate of drug-likeness (QED) is 0.596. The highest BCUT2D eigenvalue weighted by molar-refractivity contribution is 5.64. The van der Waals surface area contributed by atoms with Gasteiger partial charge < -0.3 is 9.84 Å². The zero-order valence-corrected chi connectivity index (χ0v) is 11.4. The lowest BCUT2D eigenvalue weighted by molar-refractivity contribution is 0.360. The van der Waals surface area contributed by atoms with Crippen LogP contribution < -0.4 is 0 Å². The molecule has 0 radical (unpaired) electrons. The lowest BCUT2D eigenvalue weighted by Gasteiger charge is -2.18. The number of ether oxygens (including phenoxy) is 1. The Kier molecular flexibility index (Phi) is 5.50. The largest absolute Gasteiger partial charge is 0.508 e. The summed E-state index contributed by atoms with van der Waals surface area (Å²) in [6, 6.07) is 7.16. The van der Waals surface area contributed by atoms with E-state index in [2.05, 4.69) is 20.4 Å². The highest BCUT2D eigenvalue weighted by atomic mass is 16.5. The van der Waals surface area contributed by atoms with Gasteiger partial charge in [0.2, 0.25) is 0 Å². The van der Waals surface area contributed by atoms with Gasteiger partial charge in [-0.05, 0) is 43.4 Å². The standard InChI is InChI=1S/C16H22O2/c1-5-8-13(6-2)12(3)16(18-4)14-9-7-10-15(17)11-14/h5,7,9-11,13,17H,1,6,8H2,2-4H3/b16-12+. The molecule has 1 aromatic rings. The fourth-order valence-corrected chi connectivity index (χ4v) is 2.19. The molecule has 1 aromatic carbocycles. The van der Waals surface area contributed by atoms with E-state index in [0.717, 1.165) is 24.2 Å². The van der Waals surface area contributed by atoms with Crippen LogP contribution in [0.1, 0.15) is 32.3 Å². The lowest BCUT2D eigenvalue weighted by atomic mass is 9.91. The first-order valence-electron chi connectivity index (χ1n) is 6.29. The van der Waals surface area contributed by atoms with Crippen molar-refractivity contribution in [2.24, 2.45) is 5.92 Å². The number of phenols is 1. The zero-order chi connectivity index (χ0) is 13.5. The molecule has 0 fully saturated rings. The fraction of sp³-hybridized carbons (Fsp3) is 0.375. The molecule has 0 spiro atoms. The molecular weight excluding hydrogens is 224 g/mol. The van der Waals surface area contributed by atoms with Crippen molar-refractivity contribution in [2.45, 2.75) is 26.7 Å². The van der Waals surface area contributed by atoms with Crippen molar-refractivity contribution in [3.8, 4) is 5.75 Å². The van der Waals surface area contributed by atoms with Gasteiger partial charge in [0.25, 0.3) is 0 Å².